The van der Waals surface area contributed by atoms with Crippen molar-refractivity contribution >= 4 is 23.2 Å². The molecule has 1 N–H and O–H groups in total. The lowest BCUT2D eigenvalue weighted by atomic mass is 9.88. The molecule has 1 aromatic carbocycles. The number of likely N-dealkylation sites (tertiary alicyclic amines) is 1. The number of rotatable bonds is 7. The Labute approximate surface area is 164 Å². The fourth-order valence-electron chi connectivity index (χ4n) is 3.57. The lowest BCUT2D eigenvalue weighted by Crippen LogP contribution is -2.47. The smallest absolute Gasteiger partial charge is 0.228 e. The van der Waals surface area contributed by atoms with Gasteiger partial charge in [0.15, 0.2) is 0 Å². The number of nitrogens with zero attached hydrogens (tertiary/aromatic N) is 1. The van der Waals surface area contributed by atoms with Crippen LogP contribution in [0.4, 0.5) is 0 Å². The Hall–Kier alpha value is -2.18. The number of hydrogen-bond acceptors (Lipinski definition) is 4. The van der Waals surface area contributed by atoms with Gasteiger partial charge in [0.25, 0.3) is 0 Å². The van der Waals surface area contributed by atoms with E-state index >= 15 is 0 Å². The number of carbonyl (C=O) groups is 2. The molecule has 1 aliphatic rings. The van der Waals surface area contributed by atoms with Gasteiger partial charge in [0.1, 0.15) is 0 Å². The van der Waals surface area contributed by atoms with Crippen LogP contribution in [-0.2, 0) is 20.7 Å². The largest absolute Gasteiger partial charge is 0.383 e. The molecule has 1 saturated heterocycles. The van der Waals surface area contributed by atoms with Crippen molar-refractivity contribution in [1.82, 2.24) is 10.2 Å². The minimum atomic E-state index is -0.172. The predicted molar refractivity (Wildman–Crippen MR) is 107 cm³/mol. The molecule has 2 aromatic rings. The molecule has 0 aliphatic carbocycles. The van der Waals surface area contributed by atoms with Gasteiger partial charge >= 0.3 is 0 Å². The number of methoxy groups -OCH3 is 1. The van der Waals surface area contributed by atoms with Crippen molar-refractivity contribution in [2.75, 3.05) is 26.8 Å². The van der Waals surface area contributed by atoms with Crippen molar-refractivity contribution in [3.05, 3.63) is 58.3 Å². The minimum absolute atomic E-state index is 0.00693. The van der Waals surface area contributed by atoms with Crippen LogP contribution >= 0.6 is 11.3 Å². The number of ether oxygens (including phenoxy) is 1. The molecule has 1 aliphatic heterocycles. The van der Waals surface area contributed by atoms with Crippen LogP contribution in [0.2, 0.25) is 0 Å². The van der Waals surface area contributed by atoms with Crippen molar-refractivity contribution in [3.8, 4) is 0 Å². The van der Waals surface area contributed by atoms with Gasteiger partial charge in [-0.3, -0.25) is 9.59 Å². The van der Waals surface area contributed by atoms with Gasteiger partial charge in [-0.2, -0.15) is 0 Å². The van der Waals surface area contributed by atoms with Crippen molar-refractivity contribution in [1.29, 1.82) is 0 Å². The van der Waals surface area contributed by atoms with E-state index in [1.165, 1.54) is 0 Å². The summed E-state index contributed by atoms with van der Waals surface area (Å²) in [5, 5.41) is 4.90. The highest BCUT2D eigenvalue weighted by Crippen LogP contribution is 2.34. The molecule has 0 unspecified atom stereocenters. The number of thiophene rings is 1. The Morgan fingerprint density at radius 3 is 2.70 bits per heavy atom. The fraction of sp³-hybridized carbons (Fsp3) is 0.429. The van der Waals surface area contributed by atoms with Crippen LogP contribution in [0.3, 0.4) is 0 Å². The van der Waals surface area contributed by atoms with Crippen LogP contribution in [0.5, 0.6) is 0 Å². The highest BCUT2D eigenvalue weighted by atomic mass is 32.1. The summed E-state index contributed by atoms with van der Waals surface area (Å²) in [6.07, 6.45) is 1.96. The summed E-state index contributed by atoms with van der Waals surface area (Å²) in [5.74, 6) is -0.0812. The molecule has 0 radical (unpaired) electrons. The van der Waals surface area contributed by atoms with Gasteiger partial charge in [0, 0.05) is 25.1 Å². The van der Waals surface area contributed by atoms with E-state index in [0.29, 0.717) is 26.1 Å². The summed E-state index contributed by atoms with van der Waals surface area (Å²) >= 11 is 1.59. The van der Waals surface area contributed by atoms with E-state index < -0.39 is 0 Å². The number of amides is 2. The topological polar surface area (TPSA) is 58.6 Å². The first kappa shape index (κ1) is 19.6. The maximum atomic E-state index is 13.1. The number of carbonyl (C=O) groups excluding carboxylic acids is 2. The lowest BCUT2D eigenvalue weighted by molar-refractivity contribution is -0.138. The Morgan fingerprint density at radius 2 is 2.00 bits per heavy atom. The zero-order chi connectivity index (χ0) is 19.1. The fourth-order valence-corrected chi connectivity index (χ4v) is 4.26. The molecule has 1 fully saturated rings. The van der Waals surface area contributed by atoms with Gasteiger partial charge in [0.05, 0.1) is 25.0 Å². The van der Waals surface area contributed by atoms with Crippen molar-refractivity contribution in [2.24, 2.45) is 5.92 Å². The van der Waals surface area contributed by atoms with E-state index in [4.69, 9.17) is 4.74 Å². The van der Waals surface area contributed by atoms with Gasteiger partial charge in [-0.1, -0.05) is 36.4 Å². The highest BCUT2D eigenvalue weighted by molar-refractivity contribution is 7.10. The number of piperidine rings is 1. The first-order valence-electron chi connectivity index (χ1n) is 9.32. The van der Waals surface area contributed by atoms with E-state index in [-0.39, 0.29) is 23.8 Å². The molecule has 0 spiro atoms. The predicted octanol–water partition coefficient (Wildman–Crippen LogP) is 3.03. The van der Waals surface area contributed by atoms with Crippen LogP contribution in [0.15, 0.2) is 47.8 Å². The summed E-state index contributed by atoms with van der Waals surface area (Å²) in [6, 6.07) is 14.1. The molecule has 27 heavy (non-hydrogen) atoms. The molecule has 2 atom stereocenters. The van der Waals surface area contributed by atoms with E-state index in [1.54, 1.807) is 18.4 Å². The summed E-state index contributed by atoms with van der Waals surface area (Å²) < 4.78 is 4.99. The lowest BCUT2D eigenvalue weighted by Gasteiger charge is -2.39. The number of benzene rings is 1. The average Bonchev–Trinajstić information content (AvgIpc) is 3.21. The highest BCUT2D eigenvalue weighted by Gasteiger charge is 2.35. The zero-order valence-corrected chi connectivity index (χ0v) is 16.4. The molecule has 6 heteroatoms. The van der Waals surface area contributed by atoms with E-state index in [0.717, 1.165) is 23.3 Å². The summed E-state index contributed by atoms with van der Waals surface area (Å²) in [7, 11) is 1.61. The molecule has 144 valence electrons. The Bertz CT molecular complexity index is 733. The van der Waals surface area contributed by atoms with Crippen molar-refractivity contribution in [2.45, 2.75) is 25.3 Å². The summed E-state index contributed by atoms with van der Waals surface area (Å²) in [6.45, 7) is 1.45. The summed E-state index contributed by atoms with van der Waals surface area (Å²) in [4.78, 5) is 28.5. The second-order valence-corrected chi connectivity index (χ2v) is 7.82. The second-order valence-electron chi connectivity index (χ2n) is 6.79. The van der Waals surface area contributed by atoms with Gasteiger partial charge < -0.3 is 15.0 Å². The summed E-state index contributed by atoms with van der Waals surface area (Å²) in [5.41, 5.74) is 1.13. The first-order chi connectivity index (χ1) is 13.2. The standard InChI is InChI=1S/C21H26N2O3S/c1-26-12-11-22-21(25)17-9-10-19(16-6-3-2-4-7-16)23(15-17)20(24)14-18-8-5-13-27-18/h2-8,13,17,19H,9-12,14-15H2,1H3,(H,22,25)/t17-,19+/m0/s1. The van der Waals surface area contributed by atoms with E-state index in [9.17, 15) is 9.59 Å². The Morgan fingerprint density at radius 1 is 1.19 bits per heavy atom. The van der Waals surface area contributed by atoms with Crippen molar-refractivity contribution in [3.63, 3.8) is 0 Å². The molecule has 2 heterocycles. The monoisotopic (exact) mass is 386 g/mol. The van der Waals surface area contributed by atoms with Gasteiger partial charge in [-0.15, -0.1) is 11.3 Å². The number of nitrogens with one attached hydrogen (secondary N) is 1. The molecule has 2 amide bonds. The molecule has 0 saturated carbocycles. The van der Waals surface area contributed by atoms with Crippen LogP contribution < -0.4 is 5.32 Å². The van der Waals surface area contributed by atoms with Crippen LogP contribution in [0, 0.1) is 5.92 Å². The van der Waals surface area contributed by atoms with E-state index in [2.05, 4.69) is 17.4 Å². The maximum absolute atomic E-state index is 13.1. The Kier molecular flexibility index (Phi) is 7.01. The molecule has 3 rings (SSSR count). The van der Waals surface area contributed by atoms with Gasteiger partial charge in [-0.05, 0) is 29.9 Å². The zero-order valence-electron chi connectivity index (χ0n) is 15.6. The minimum Gasteiger partial charge on any atom is -0.383 e. The molecule has 0 bridgehead atoms. The van der Waals surface area contributed by atoms with Gasteiger partial charge in [-0.25, -0.2) is 0 Å². The average molecular weight is 387 g/mol. The normalized spacial score (nSPS) is 19.7. The maximum Gasteiger partial charge on any atom is 0.228 e. The van der Waals surface area contributed by atoms with Crippen LogP contribution in [0.25, 0.3) is 0 Å². The molecule has 5 nitrogen and oxygen atoms in total. The van der Waals surface area contributed by atoms with Gasteiger partial charge in [0.2, 0.25) is 11.8 Å². The second kappa shape index (κ2) is 9.67. The van der Waals surface area contributed by atoms with Crippen LogP contribution in [-0.4, -0.2) is 43.5 Å². The van der Waals surface area contributed by atoms with Crippen molar-refractivity contribution < 1.29 is 14.3 Å². The molecular formula is C21H26N2O3S. The third-order valence-electron chi connectivity index (χ3n) is 4.97. The Balaban J connectivity index is 1.73. The quantitative estimate of drug-likeness (QED) is 0.744. The SMILES string of the molecule is COCCNC(=O)[C@H]1CC[C@H](c2ccccc2)N(C(=O)Cc2cccs2)C1. The molecular weight excluding hydrogens is 360 g/mol. The van der Waals surface area contributed by atoms with Crippen LogP contribution in [0.1, 0.15) is 29.3 Å². The molecule has 1 aromatic heterocycles. The third kappa shape index (κ3) is 5.17. The number of hydrogen-bond donors (Lipinski definition) is 1. The van der Waals surface area contributed by atoms with E-state index in [1.807, 2.05) is 40.6 Å². The third-order valence-corrected chi connectivity index (χ3v) is 5.84. The first-order valence-corrected chi connectivity index (χ1v) is 10.2.